The second-order valence-corrected chi connectivity index (χ2v) is 4.63. The molecule has 1 saturated heterocycles. The molecule has 1 aromatic rings. The maximum atomic E-state index is 11.7. The van der Waals surface area contributed by atoms with Crippen molar-refractivity contribution < 1.29 is 14.3 Å². The van der Waals surface area contributed by atoms with E-state index in [0.29, 0.717) is 19.1 Å². The van der Waals surface area contributed by atoms with E-state index in [1.807, 2.05) is 36.4 Å². The zero-order valence-electron chi connectivity index (χ0n) is 10.9. The molecule has 1 amide bonds. The summed E-state index contributed by atoms with van der Waals surface area (Å²) in [7, 11) is 0. The van der Waals surface area contributed by atoms with Gasteiger partial charge in [-0.15, -0.1) is 6.58 Å². The number of hydrogen-bond donors (Lipinski definition) is 1. The van der Waals surface area contributed by atoms with Gasteiger partial charge in [-0.25, -0.2) is 4.79 Å². The Hall–Kier alpha value is -1.81. The van der Waals surface area contributed by atoms with Crippen molar-refractivity contribution in [1.29, 1.82) is 0 Å². The Kier molecular flexibility index (Phi) is 4.98. The number of allylic oxidation sites excluding steroid dienone is 1. The predicted molar refractivity (Wildman–Crippen MR) is 72.7 cm³/mol. The van der Waals surface area contributed by atoms with Crippen LogP contribution in [0, 0.1) is 5.92 Å². The van der Waals surface area contributed by atoms with Gasteiger partial charge in [-0.2, -0.15) is 0 Å². The summed E-state index contributed by atoms with van der Waals surface area (Å²) >= 11 is 0. The van der Waals surface area contributed by atoms with E-state index in [1.165, 1.54) is 0 Å². The molecule has 0 aromatic heterocycles. The van der Waals surface area contributed by atoms with Gasteiger partial charge < -0.3 is 14.8 Å². The minimum atomic E-state index is -0.395. The number of nitrogens with one attached hydrogen (secondary N) is 1. The monoisotopic (exact) mass is 261 g/mol. The third-order valence-electron chi connectivity index (χ3n) is 3.18. The zero-order chi connectivity index (χ0) is 13.5. The fourth-order valence-corrected chi connectivity index (χ4v) is 2.12. The van der Waals surface area contributed by atoms with Crippen LogP contribution in [0.1, 0.15) is 12.0 Å². The number of carbonyl (C=O) groups excluding carboxylic acids is 1. The molecule has 0 unspecified atom stereocenters. The summed E-state index contributed by atoms with van der Waals surface area (Å²) in [6.45, 7) is 5.20. The third kappa shape index (κ3) is 4.10. The summed E-state index contributed by atoms with van der Waals surface area (Å²) < 4.78 is 10.6. The Bertz CT molecular complexity index is 419. The van der Waals surface area contributed by atoms with Gasteiger partial charge in [-0.05, 0) is 12.0 Å². The number of rotatable bonds is 5. The largest absolute Gasteiger partial charge is 0.445 e. The molecule has 1 fully saturated rings. The van der Waals surface area contributed by atoms with Crippen molar-refractivity contribution in [3.05, 3.63) is 48.6 Å². The van der Waals surface area contributed by atoms with E-state index >= 15 is 0 Å². The molecule has 19 heavy (non-hydrogen) atoms. The maximum Gasteiger partial charge on any atom is 0.407 e. The minimum Gasteiger partial charge on any atom is -0.445 e. The Morgan fingerprint density at radius 3 is 2.95 bits per heavy atom. The molecule has 1 aliphatic heterocycles. The van der Waals surface area contributed by atoms with Crippen LogP contribution in [-0.4, -0.2) is 25.3 Å². The van der Waals surface area contributed by atoms with E-state index < -0.39 is 6.09 Å². The smallest absolute Gasteiger partial charge is 0.407 e. The first-order chi connectivity index (χ1) is 9.29. The highest BCUT2D eigenvalue weighted by atomic mass is 16.5. The van der Waals surface area contributed by atoms with E-state index in [-0.39, 0.29) is 12.6 Å². The Morgan fingerprint density at radius 2 is 2.21 bits per heavy atom. The second-order valence-electron chi connectivity index (χ2n) is 4.63. The van der Waals surface area contributed by atoms with E-state index in [0.717, 1.165) is 12.0 Å². The summed E-state index contributed by atoms with van der Waals surface area (Å²) in [5, 5.41) is 2.85. The molecular weight excluding hydrogens is 242 g/mol. The average molecular weight is 261 g/mol. The second kappa shape index (κ2) is 6.95. The van der Waals surface area contributed by atoms with E-state index in [1.54, 1.807) is 0 Å². The predicted octanol–water partition coefficient (Wildman–Crippen LogP) is 2.50. The van der Waals surface area contributed by atoms with Gasteiger partial charge in [0.2, 0.25) is 0 Å². The van der Waals surface area contributed by atoms with Crippen LogP contribution < -0.4 is 5.32 Å². The van der Waals surface area contributed by atoms with Crippen LogP contribution in [-0.2, 0) is 16.1 Å². The fourth-order valence-electron chi connectivity index (χ4n) is 2.12. The molecule has 0 saturated carbocycles. The van der Waals surface area contributed by atoms with Crippen molar-refractivity contribution in [2.75, 3.05) is 13.2 Å². The molecule has 2 rings (SSSR count). The van der Waals surface area contributed by atoms with Crippen LogP contribution in [0.3, 0.4) is 0 Å². The van der Waals surface area contributed by atoms with Crippen LogP contribution in [0.4, 0.5) is 4.79 Å². The first-order valence-corrected chi connectivity index (χ1v) is 6.45. The van der Waals surface area contributed by atoms with Crippen LogP contribution in [0.25, 0.3) is 0 Å². The van der Waals surface area contributed by atoms with Crippen molar-refractivity contribution in [3.8, 4) is 0 Å². The van der Waals surface area contributed by atoms with Crippen molar-refractivity contribution >= 4 is 6.09 Å². The molecule has 102 valence electrons. The van der Waals surface area contributed by atoms with Crippen molar-refractivity contribution in [1.82, 2.24) is 5.32 Å². The standard InChI is InChI=1S/C15H19NO3/c1-2-6-13-10-18-11-14(13)16-15(17)19-9-12-7-4-3-5-8-12/h2-5,7-8,13-14H,1,6,9-11H2,(H,16,17)/t13-,14+/m1/s1. The number of alkyl carbamates (subject to hydrolysis) is 1. The van der Waals surface area contributed by atoms with Gasteiger partial charge >= 0.3 is 6.09 Å². The van der Waals surface area contributed by atoms with Crippen LogP contribution in [0.2, 0.25) is 0 Å². The molecule has 2 atom stereocenters. The lowest BCUT2D eigenvalue weighted by atomic mass is 10.0. The van der Waals surface area contributed by atoms with Crippen molar-refractivity contribution in [3.63, 3.8) is 0 Å². The lowest BCUT2D eigenvalue weighted by Gasteiger charge is -2.17. The summed E-state index contributed by atoms with van der Waals surface area (Å²) in [6, 6.07) is 9.63. The number of carbonyl (C=O) groups is 1. The number of benzene rings is 1. The minimum absolute atomic E-state index is 0.0151. The van der Waals surface area contributed by atoms with Gasteiger partial charge in [0.25, 0.3) is 0 Å². The van der Waals surface area contributed by atoms with Gasteiger partial charge in [0.15, 0.2) is 0 Å². The molecular formula is C15H19NO3. The van der Waals surface area contributed by atoms with Crippen molar-refractivity contribution in [2.24, 2.45) is 5.92 Å². The van der Waals surface area contributed by atoms with Crippen LogP contribution in [0.15, 0.2) is 43.0 Å². The summed E-state index contributed by atoms with van der Waals surface area (Å²) in [4.78, 5) is 11.7. The highest BCUT2D eigenvalue weighted by molar-refractivity contribution is 5.67. The van der Waals surface area contributed by atoms with E-state index in [9.17, 15) is 4.79 Å². The van der Waals surface area contributed by atoms with Crippen LogP contribution in [0.5, 0.6) is 0 Å². The average Bonchev–Trinajstić information content (AvgIpc) is 2.85. The molecule has 0 bridgehead atoms. The highest BCUT2D eigenvalue weighted by Crippen LogP contribution is 2.17. The normalized spacial score (nSPS) is 21.9. The molecule has 0 radical (unpaired) electrons. The molecule has 0 spiro atoms. The topological polar surface area (TPSA) is 47.6 Å². The quantitative estimate of drug-likeness (QED) is 0.828. The lowest BCUT2D eigenvalue weighted by molar-refractivity contribution is 0.131. The highest BCUT2D eigenvalue weighted by Gasteiger charge is 2.28. The maximum absolute atomic E-state index is 11.7. The number of amides is 1. The first kappa shape index (κ1) is 13.6. The van der Waals surface area contributed by atoms with E-state index in [2.05, 4.69) is 11.9 Å². The molecule has 1 N–H and O–H groups in total. The van der Waals surface area contributed by atoms with Crippen molar-refractivity contribution in [2.45, 2.75) is 19.1 Å². The summed E-state index contributed by atoms with van der Waals surface area (Å²) in [5.74, 6) is 0.293. The first-order valence-electron chi connectivity index (χ1n) is 6.45. The molecule has 4 heteroatoms. The Morgan fingerprint density at radius 1 is 1.42 bits per heavy atom. The van der Waals surface area contributed by atoms with Gasteiger partial charge in [0.1, 0.15) is 6.61 Å². The molecule has 1 aliphatic rings. The molecule has 1 aromatic carbocycles. The zero-order valence-corrected chi connectivity index (χ0v) is 10.9. The summed E-state index contributed by atoms with van der Waals surface area (Å²) in [6.07, 6.45) is 2.29. The molecule has 4 nitrogen and oxygen atoms in total. The van der Waals surface area contributed by atoms with E-state index in [4.69, 9.17) is 9.47 Å². The SMILES string of the molecule is C=CC[C@@H]1COC[C@@H]1NC(=O)OCc1ccccc1. The third-order valence-corrected chi connectivity index (χ3v) is 3.18. The number of hydrogen-bond acceptors (Lipinski definition) is 3. The Balaban J connectivity index is 1.76. The lowest BCUT2D eigenvalue weighted by Crippen LogP contribution is -2.40. The van der Waals surface area contributed by atoms with Gasteiger partial charge in [-0.1, -0.05) is 36.4 Å². The Labute approximate surface area is 113 Å². The number of ether oxygens (including phenoxy) is 2. The van der Waals surface area contributed by atoms with Gasteiger partial charge in [0, 0.05) is 5.92 Å². The van der Waals surface area contributed by atoms with Gasteiger partial charge in [0.05, 0.1) is 19.3 Å². The van der Waals surface area contributed by atoms with Gasteiger partial charge in [-0.3, -0.25) is 0 Å². The molecule has 1 heterocycles. The molecule has 0 aliphatic carbocycles. The summed E-state index contributed by atoms with van der Waals surface area (Å²) in [5.41, 5.74) is 0.975. The van der Waals surface area contributed by atoms with Crippen LogP contribution >= 0.6 is 0 Å². The fraction of sp³-hybridized carbons (Fsp3) is 0.400.